The molecule has 0 saturated heterocycles. The van der Waals surface area contributed by atoms with Crippen LogP contribution in [0.15, 0.2) is 30.3 Å². The molecule has 1 aromatic rings. The lowest BCUT2D eigenvalue weighted by Gasteiger charge is -2.25. The first-order valence-corrected chi connectivity index (χ1v) is 6.78. The van der Waals surface area contributed by atoms with Crippen molar-refractivity contribution < 1.29 is 5.11 Å². The lowest BCUT2D eigenvalue weighted by Crippen LogP contribution is -2.31. The van der Waals surface area contributed by atoms with E-state index >= 15 is 0 Å². The van der Waals surface area contributed by atoms with E-state index < -0.39 is 0 Å². The summed E-state index contributed by atoms with van der Waals surface area (Å²) in [5, 5.41) is 10.2. The molecule has 1 aliphatic rings. The number of rotatable bonds is 7. The molecular formula is C15H23NO. The summed E-state index contributed by atoms with van der Waals surface area (Å²) < 4.78 is 0. The van der Waals surface area contributed by atoms with Crippen molar-refractivity contribution in [3.05, 3.63) is 35.9 Å². The highest BCUT2D eigenvalue weighted by Crippen LogP contribution is 2.29. The van der Waals surface area contributed by atoms with Crippen LogP contribution in [0.5, 0.6) is 0 Å². The predicted octanol–water partition coefficient (Wildman–Crippen LogP) is 2.98. The van der Waals surface area contributed by atoms with E-state index in [0.717, 1.165) is 24.7 Å². The molecule has 1 N–H and O–H groups in total. The van der Waals surface area contributed by atoms with Gasteiger partial charge in [-0.05, 0) is 31.4 Å². The normalized spacial score (nSPS) is 17.4. The second-order valence-electron chi connectivity index (χ2n) is 5.01. The fourth-order valence-electron chi connectivity index (χ4n) is 2.23. The van der Waals surface area contributed by atoms with E-state index in [2.05, 4.69) is 11.8 Å². The fourth-order valence-corrected chi connectivity index (χ4v) is 2.23. The Bertz CT molecular complexity index is 321. The average Bonchev–Trinajstić information content (AvgIpc) is 3.19. The summed E-state index contributed by atoms with van der Waals surface area (Å²) in [5.41, 5.74) is 1.04. The first-order chi connectivity index (χ1) is 8.31. The third-order valence-corrected chi connectivity index (χ3v) is 3.45. The Hall–Kier alpha value is -0.860. The molecule has 1 saturated carbocycles. The van der Waals surface area contributed by atoms with E-state index in [4.69, 9.17) is 0 Å². The summed E-state index contributed by atoms with van der Waals surface area (Å²) in [6, 6.07) is 10.7. The van der Waals surface area contributed by atoms with Crippen LogP contribution in [0.3, 0.4) is 0 Å². The van der Waals surface area contributed by atoms with Crippen molar-refractivity contribution in [3.8, 4) is 0 Å². The van der Waals surface area contributed by atoms with Crippen molar-refractivity contribution in [1.82, 2.24) is 4.90 Å². The van der Waals surface area contributed by atoms with Gasteiger partial charge in [0.05, 0.1) is 6.10 Å². The van der Waals surface area contributed by atoms with Crippen molar-refractivity contribution in [2.45, 2.75) is 44.8 Å². The number of benzene rings is 1. The Balaban J connectivity index is 1.88. The minimum atomic E-state index is -0.339. The van der Waals surface area contributed by atoms with E-state index in [1.807, 2.05) is 30.3 Å². The molecule has 17 heavy (non-hydrogen) atoms. The van der Waals surface area contributed by atoms with Gasteiger partial charge in [0.15, 0.2) is 0 Å². The Morgan fingerprint density at radius 2 is 2.00 bits per heavy atom. The topological polar surface area (TPSA) is 23.5 Å². The molecule has 1 unspecified atom stereocenters. The minimum absolute atomic E-state index is 0.339. The van der Waals surface area contributed by atoms with Crippen molar-refractivity contribution in [1.29, 1.82) is 0 Å². The van der Waals surface area contributed by atoms with E-state index in [1.54, 1.807) is 0 Å². The van der Waals surface area contributed by atoms with Gasteiger partial charge >= 0.3 is 0 Å². The first kappa shape index (κ1) is 12.6. The number of hydrogen-bond acceptors (Lipinski definition) is 2. The van der Waals surface area contributed by atoms with Gasteiger partial charge in [0.25, 0.3) is 0 Å². The maximum absolute atomic E-state index is 10.2. The van der Waals surface area contributed by atoms with Crippen LogP contribution in [0.4, 0.5) is 0 Å². The molecule has 0 amide bonds. The molecule has 0 aromatic heterocycles. The second kappa shape index (κ2) is 6.18. The lowest BCUT2D eigenvalue weighted by atomic mass is 10.1. The number of hydrogen-bond donors (Lipinski definition) is 1. The zero-order chi connectivity index (χ0) is 12.1. The molecule has 2 heteroatoms. The molecule has 0 heterocycles. The molecule has 2 rings (SSSR count). The van der Waals surface area contributed by atoms with E-state index in [-0.39, 0.29) is 6.10 Å². The summed E-state index contributed by atoms with van der Waals surface area (Å²) >= 11 is 0. The SMILES string of the molecule is CCCCN(CC(O)c1ccccc1)C1CC1. The Morgan fingerprint density at radius 1 is 1.29 bits per heavy atom. The fraction of sp³-hybridized carbons (Fsp3) is 0.600. The summed E-state index contributed by atoms with van der Waals surface area (Å²) in [4.78, 5) is 2.46. The Labute approximate surface area is 104 Å². The van der Waals surface area contributed by atoms with Gasteiger partial charge < -0.3 is 5.11 Å². The second-order valence-corrected chi connectivity index (χ2v) is 5.01. The smallest absolute Gasteiger partial charge is 0.0917 e. The number of aliphatic hydroxyl groups is 1. The van der Waals surface area contributed by atoms with Crippen LogP contribution >= 0.6 is 0 Å². The van der Waals surface area contributed by atoms with Crippen molar-refractivity contribution in [2.24, 2.45) is 0 Å². The molecule has 0 spiro atoms. The average molecular weight is 233 g/mol. The van der Waals surface area contributed by atoms with Crippen LogP contribution < -0.4 is 0 Å². The van der Waals surface area contributed by atoms with E-state index in [1.165, 1.54) is 25.7 Å². The van der Waals surface area contributed by atoms with Crippen LogP contribution in [0, 0.1) is 0 Å². The standard InChI is InChI=1S/C15H23NO/c1-2-3-11-16(14-9-10-14)12-15(17)13-7-5-4-6-8-13/h4-8,14-15,17H,2-3,9-12H2,1H3. The molecule has 1 aromatic carbocycles. The lowest BCUT2D eigenvalue weighted by molar-refractivity contribution is 0.107. The third kappa shape index (κ3) is 3.83. The highest BCUT2D eigenvalue weighted by molar-refractivity contribution is 5.17. The van der Waals surface area contributed by atoms with Crippen molar-refractivity contribution in [2.75, 3.05) is 13.1 Å². The molecule has 1 aliphatic carbocycles. The number of unbranched alkanes of at least 4 members (excludes halogenated alkanes) is 1. The summed E-state index contributed by atoms with van der Waals surface area (Å²) in [6.07, 6.45) is 4.74. The van der Waals surface area contributed by atoms with Crippen molar-refractivity contribution in [3.63, 3.8) is 0 Å². The number of nitrogens with zero attached hydrogens (tertiary/aromatic N) is 1. The molecule has 1 atom stereocenters. The maximum Gasteiger partial charge on any atom is 0.0917 e. The minimum Gasteiger partial charge on any atom is -0.387 e. The van der Waals surface area contributed by atoms with Crippen LogP contribution in [0.25, 0.3) is 0 Å². The summed E-state index contributed by atoms with van der Waals surface area (Å²) in [7, 11) is 0. The zero-order valence-corrected chi connectivity index (χ0v) is 10.7. The van der Waals surface area contributed by atoms with E-state index in [0.29, 0.717) is 0 Å². The van der Waals surface area contributed by atoms with Crippen LogP contribution in [-0.4, -0.2) is 29.1 Å². The Morgan fingerprint density at radius 3 is 2.59 bits per heavy atom. The maximum atomic E-state index is 10.2. The highest BCUT2D eigenvalue weighted by Gasteiger charge is 2.29. The number of aliphatic hydroxyl groups excluding tert-OH is 1. The van der Waals surface area contributed by atoms with E-state index in [9.17, 15) is 5.11 Å². The monoisotopic (exact) mass is 233 g/mol. The Kier molecular flexibility index (Phi) is 4.57. The molecule has 94 valence electrons. The van der Waals surface area contributed by atoms with Gasteiger partial charge in [-0.1, -0.05) is 43.7 Å². The molecule has 0 aliphatic heterocycles. The molecular weight excluding hydrogens is 210 g/mol. The van der Waals surface area contributed by atoms with Gasteiger partial charge in [0.1, 0.15) is 0 Å². The van der Waals surface area contributed by atoms with Crippen LogP contribution in [0.1, 0.15) is 44.3 Å². The van der Waals surface area contributed by atoms with Gasteiger partial charge in [-0.25, -0.2) is 0 Å². The highest BCUT2D eigenvalue weighted by atomic mass is 16.3. The molecule has 0 bridgehead atoms. The van der Waals surface area contributed by atoms with Gasteiger partial charge in [0.2, 0.25) is 0 Å². The van der Waals surface area contributed by atoms with Crippen molar-refractivity contribution >= 4 is 0 Å². The first-order valence-electron chi connectivity index (χ1n) is 6.78. The van der Waals surface area contributed by atoms with Gasteiger partial charge in [-0.3, -0.25) is 4.90 Å². The largest absolute Gasteiger partial charge is 0.387 e. The van der Waals surface area contributed by atoms with Crippen LogP contribution in [0.2, 0.25) is 0 Å². The van der Waals surface area contributed by atoms with Gasteiger partial charge in [-0.15, -0.1) is 0 Å². The molecule has 0 radical (unpaired) electrons. The summed E-state index contributed by atoms with van der Waals surface area (Å²) in [6.45, 7) is 4.14. The third-order valence-electron chi connectivity index (χ3n) is 3.45. The predicted molar refractivity (Wildman–Crippen MR) is 70.9 cm³/mol. The van der Waals surface area contributed by atoms with Gasteiger partial charge in [-0.2, -0.15) is 0 Å². The van der Waals surface area contributed by atoms with Gasteiger partial charge in [0, 0.05) is 12.6 Å². The summed E-state index contributed by atoms with van der Waals surface area (Å²) in [5.74, 6) is 0. The molecule has 2 nitrogen and oxygen atoms in total. The zero-order valence-electron chi connectivity index (χ0n) is 10.7. The quantitative estimate of drug-likeness (QED) is 0.782. The van der Waals surface area contributed by atoms with Crippen LogP contribution in [-0.2, 0) is 0 Å². The molecule has 1 fully saturated rings.